The maximum atomic E-state index is 13.1. The van der Waals surface area contributed by atoms with E-state index >= 15 is 0 Å². The lowest BCUT2D eigenvalue weighted by Gasteiger charge is -2.23. The second-order valence-corrected chi connectivity index (χ2v) is 6.26. The molecule has 0 unspecified atom stereocenters. The van der Waals surface area contributed by atoms with Crippen molar-refractivity contribution < 1.29 is 18.4 Å². The summed E-state index contributed by atoms with van der Waals surface area (Å²) in [4.78, 5) is 25.2. The van der Waals surface area contributed by atoms with Crippen LogP contribution in [0.25, 0.3) is 0 Å². The fourth-order valence-corrected chi connectivity index (χ4v) is 3.18. The molecule has 0 aromatic heterocycles. The molecule has 1 aliphatic rings. The molecule has 128 valence electrons. The van der Waals surface area contributed by atoms with Gasteiger partial charge in [0, 0.05) is 17.5 Å². The molecule has 0 fully saturated rings. The topological polar surface area (TPSA) is 34.1 Å². The van der Waals surface area contributed by atoms with Crippen LogP contribution in [0.15, 0.2) is 60.2 Å². The highest BCUT2D eigenvalue weighted by molar-refractivity contribution is 6.09. The van der Waals surface area contributed by atoms with Crippen molar-refractivity contribution in [3.63, 3.8) is 0 Å². The van der Waals surface area contributed by atoms with E-state index < -0.39 is 5.82 Å². The third kappa shape index (κ3) is 4.08. The van der Waals surface area contributed by atoms with E-state index in [-0.39, 0.29) is 29.7 Å². The van der Waals surface area contributed by atoms with Crippen molar-refractivity contribution in [3.8, 4) is 0 Å². The highest BCUT2D eigenvalue weighted by Gasteiger charge is 2.26. The van der Waals surface area contributed by atoms with Gasteiger partial charge in [-0.25, -0.2) is 8.78 Å². The summed E-state index contributed by atoms with van der Waals surface area (Å²) in [6.45, 7) is 0. The zero-order valence-electron chi connectivity index (χ0n) is 13.7. The summed E-state index contributed by atoms with van der Waals surface area (Å²) in [5.41, 5.74) is 1.49. The predicted octanol–water partition coefficient (Wildman–Crippen LogP) is 5.15. The number of carbonyl (C=O) groups excluding carboxylic acids is 2. The van der Waals surface area contributed by atoms with E-state index in [0.29, 0.717) is 16.7 Å². The van der Waals surface area contributed by atoms with Gasteiger partial charge in [-0.2, -0.15) is 0 Å². The van der Waals surface area contributed by atoms with E-state index in [1.807, 2.05) is 6.08 Å². The van der Waals surface area contributed by atoms with Crippen molar-refractivity contribution in [1.82, 2.24) is 0 Å². The first-order valence-electron chi connectivity index (χ1n) is 8.33. The van der Waals surface area contributed by atoms with Crippen LogP contribution in [0, 0.1) is 17.6 Å². The average molecular weight is 340 g/mol. The van der Waals surface area contributed by atoms with Gasteiger partial charge in [0.2, 0.25) is 0 Å². The van der Waals surface area contributed by atoms with Crippen LogP contribution in [0.1, 0.15) is 46.4 Å². The fourth-order valence-electron chi connectivity index (χ4n) is 3.18. The minimum Gasteiger partial charge on any atom is -0.294 e. The summed E-state index contributed by atoms with van der Waals surface area (Å²) in [6, 6.07) is 10.9. The number of halogens is 2. The van der Waals surface area contributed by atoms with Crippen molar-refractivity contribution in [2.75, 3.05) is 0 Å². The molecule has 0 N–H and O–H groups in total. The standard InChI is InChI=1S/C21H18F2O2/c22-17-9-5-14(6-10-17)20(24)13-16-3-1-2-4-19(16)21(25)15-7-11-18(23)12-8-15/h4-12,16H,1-3,13H2/t16-/m1/s1. The summed E-state index contributed by atoms with van der Waals surface area (Å²) in [5.74, 6) is -1.20. The van der Waals surface area contributed by atoms with Crippen LogP contribution >= 0.6 is 0 Å². The molecule has 2 aromatic carbocycles. The summed E-state index contributed by atoms with van der Waals surface area (Å²) >= 11 is 0. The van der Waals surface area contributed by atoms with Crippen LogP contribution in [0.5, 0.6) is 0 Å². The van der Waals surface area contributed by atoms with Crippen molar-refractivity contribution >= 4 is 11.6 Å². The second kappa shape index (κ2) is 7.51. The molecule has 0 saturated carbocycles. The number of hydrogen-bond donors (Lipinski definition) is 0. The second-order valence-electron chi connectivity index (χ2n) is 6.26. The Hall–Kier alpha value is -2.62. The van der Waals surface area contributed by atoms with Crippen LogP contribution in [0.4, 0.5) is 8.78 Å². The van der Waals surface area contributed by atoms with Crippen LogP contribution in [0.2, 0.25) is 0 Å². The smallest absolute Gasteiger partial charge is 0.188 e. The first-order valence-corrected chi connectivity index (χ1v) is 8.33. The molecule has 0 heterocycles. The lowest BCUT2D eigenvalue weighted by Crippen LogP contribution is -2.20. The molecular weight excluding hydrogens is 322 g/mol. The van der Waals surface area contributed by atoms with Gasteiger partial charge in [0.05, 0.1) is 0 Å². The van der Waals surface area contributed by atoms with Gasteiger partial charge in [-0.15, -0.1) is 0 Å². The predicted molar refractivity (Wildman–Crippen MR) is 91.5 cm³/mol. The SMILES string of the molecule is O=C(C[C@H]1CCCC=C1C(=O)c1ccc(F)cc1)c1ccc(F)cc1. The highest BCUT2D eigenvalue weighted by atomic mass is 19.1. The van der Waals surface area contributed by atoms with Gasteiger partial charge < -0.3 is 0 Å². The molecule has 0 aliphatic heterocycles. The molecule has 0 radical (unpaired) electrons. The Morgan fingerprint density at radius 1 is 0.880 bits per heavy atom. The fraction of sp³-hybridized carbons (Fsp3) is 0.238. The molecule has 2 aromatic rings. The van der Waals surface area contributed by atoms with Gasteiger partial charge in [0.1, 0.15) is 11.6 Å². The third-order valence-electron chi connectivity index (χ3n) is 4.53. The Morgan fingerprint density at radius 2 is 1.44 bits per heavy atom. The minimum atomic E-state index is -0.391. The van der Waals surface area contributed by atoms with Crippen molar-refractivity contribution in [3.05, 3.63) is 82.9 Å². The Labute approximate surface area is 145 Å². The molecule has 1 atom stereocenters. The lowest BCUT2D eigenvalue weighted by atomic mass is 9.80. The Balaban J connectivity index is 1.77. The van der Waals surface area contributed by atoms with Gasteiger partial charge in [-0.3, -0.25) is 9.59 Å². The number of benzene rings is 2. The Kier molecular flexibility index (Phi) is 5.17. The average Bonchev–Trinajstić information content (AvgIpc) is 2.63. The van der Waals surface area contributed by atoms with E-state index in [1.165, 1.54) is 48.5 Å². The van der Waals surface area contributed by atoms with Crippen LogP contribution in [-0.4, -0.2) is 11.6 Å². The lowest BCUT2D eigenvalue weighted by molar-refractivity contribution is 0.0953. The summed E-state index contributed by atoms with van der Waals surface area (Å²) in [5, 5.41) is 0. The summed E-state index contributed by atoms with van der Waals surface area (Å²) < 4.78 is 26.1. The van der Waals surface area contributed by atoms with E-state index in [2.05, 4.69) is 0 Å². The monoisotopic (exact) mass is 340 g/mol. The van der Waals surface area contributed by atoms with Crippen LogP contribution in [0.3, 0.4) is 0 Å². The summed E-state index contributed by atoms with van der Waals surface area (Å²) in [6.07, 6.45) is 4.57. The molecule has 0 saturated heterocycles. The Morgan fingerprint density at radius 3 is 2.04 bits per heavy atom. The van der Waals surface area contributed by atoms with E-state index in [9.17, 15) is 18.4 Å². The Bertz CT molecular complexity index is 805. The molecule has 3 rings (SSSR count). The van der Waals surface area contributed by atoms with Gasteiger partial charge in [0.25, 0.3) is 0 Å². The highest BCUT2D eigenvalue weighted by Crippen LogP contribution is 2.31. The van der Waals surface area contributed by atoms with Crippen molar-refractivity contribution in [2.24, 2.45) is 5.92 Å². The molecule has 4 heteroatoms. The zero-order valence-corrected chi connectivity index (χ0v) is 13.7. The van der Waals surface area contributed by atoms with Crippen molar-refractivity contribution in [1.29, 1.82) is 0 Å². The number of carbonyl (C=O) groups is 2. The molecule has 1 aliphatic carbocycles. The molecule has 25 heavy (non-hydrogen) atoms. The number of ketones is 2. The molecule has 0 amide bonds. The number of allylic oxidation sites excluding steroid dienone is 2. The number of rotatable bonds is 5. The van der Waals surface area contributed by atoms with Gasteiger partial charge in [0.15, 0.2) is 11.6 Å². The molecular formula is C21H18F2O2. The quantitative estimate of drug-likeness (QED) is 0.706. The van der Waals surface area contributed by atoms with Gasteiger partial charge >= 0.3 is 0 Å². The zero-order chi connectivity index (χ0) is 17.8. The largest absolute Gasteiger partial charge is 0.294 e. The first kappa shape index (κ1) is 17.2. The number of hydrogen-bond acceptors (Lipinski definition) is 2. The van der Waals surface area contributed by atoms with Gasteiger partial charge in [-0.1, -0.05) is 6.08 Å². The third-order valence-corrected chi connectivity index (χ3v) is 4.53. The van der Waals surface area contributed by atoms with E-state index in [1.54, 1.807) is 0 Å². The molecule has 0 spiro atoms. The molecule has 2 nitrogen and oxygen atoms in total. The van der Waals surface area contributed by atoms with Crippen LogP contribution in [-0.2, 0) is 0 Å². The van der Waals surface area contributed by atoms with E-state index in [0.717, 1.165) is 19.3 Å². The normalized spacial score (nSPS) is 17.0. The maximum Gasteiger partial charge on any atom is 0.188 e. The summed E-state index contributed by atoms with van der Waals surface area (Å²) in [7, 11) is 0. The van der Waals surface area contributed by atoms with Gasteiger partial charge in [-0.05, 0) is 79.3 Å². The minimum absolute atomic E-state index is 0.107. The number of Topliss-reactive ketones (excluding diaryl/α,β-unsaturated/α-hetero) is 2. The van der Waals surface area contributed by atoms with E-state index in [4.69, 9.17) is 0 Å². The van der Waals surface area contributed by atoms with Crippen LogP contribution < -0.4 is 0 Å². The maximum absolute atomic E-state index is 13.1. The molecule has 0 bridgehead atoms. The van der Waals surface area contributed by atoms with Crippen molar-refractivity contribution in [2.45, 2.75) is 25.7 Å². The first-order chi connectivity index (χ1) is 12.0.